The maximum atomic E-state index is 13.4. The molecule has 1 fully saturated rings. The molecule has 0 aliphatic carbocycles. The Balaban J connectivity index is 1.27. The van der Waals surface area contributed by atoms with Gasteiger partial charge in [-0.3, -0.25) is 9.59 Å². The van der Waals surface area contributed by atoms with Crippen molar-refractivity contribution in [2.24, 2.45) is 0 Å². The molecule has 1 aliphatic rings. The van der Waals surface area contributed by atoms with Crippen molar-refractivity contribution in [3.63, 3.8) is 0 Å². The number of carbonyl (C=O) groups is 2. The van der Waals surface area contributed by atoms with Crippen LogP contribution in [-0.4, -0.2) is 46.6 Å². The lowest BCUT2D eigenvalue weighted by molar-refractivity contribution is -0.155. The molecule has 0 unspecified atom stereocenters. The number of ether oxygens (including phenoxy) is 1. The van der Waals surface area contributed by atoms with Crippen LogP contribution in [0.25, 0.3) is 22.0 Å². The Kier molecular flexibility index (Phi) is 6.86. The van der Waals surface area contributed by atoms with Gasteiger partial charge in [0, 0.05) is 60.0 Å². The number of rotatable bonds is 6. The minimum Gasteiger partial charge on any atom is -0.460 e. The maximum absolute atomic E-state index is 13.4. The average molecular weight is 467 g/mol. The van der Waals surface area contributed by atoms with E-state index in [4.69, 9.17) is 4.74 Å². The third kappa shape index (κ3) is 5.92. The van der Waals surface area contributed by atoms with Crippen LogP contribution in [0.15, 0.2) is 42.7 Å². The van der Waals surface area contributed by atoms with Crippen molar-refractivity contribution in [1.82, 2.24) is 15.3 Å². The van der Waals surface area contributed by atoms with Gasteiger partial charge in [-0.05, 0) is 63.9 Å². The third-order valence-corrected chi connectivity index (χ3v) is 5.86. The third-order valence-electron chi connectivity index (χ3n) is 5.86. The molecule has 1 amide bonds. The zero-order valence-electron chi connectivity index (χ0n) is 19.9. The fourth-order valence-corrected chi connectivity index (χ4v) is 4.23. The fraction of sp³-hybridized carbons (Fsp3) is 0.423. The lowest BCUT2D eigenvalue weighted by atomic mass is 10.0. The van der Waals surface area contributed by atoms with E-state index in [0.717, 1.165) is 53.8 Å². The zero-order valence-corrected chi connectivity index (χ0v) is 19.9. The van der Waals surface area contributed by atoms with Crippen molar-refractivity contribution in [2.75, 3.05) is 18.0 Å². The van der Waals surface area contributed by atoms with Crippen LogP contribution < -0.4 is 10.2 Å². The summed E-state index contributed by atoms with van der Waals surface area (Å²) in [6.07, 6.45) is 5.57. The number of hydrogen-bond acceptors (Lipinski definition) is 5. The number of nitrogens with zero attached hydrogens (tertiary/aromatic N) is 2. The van der Waals surface area contributed by atoms with Gasteiger partial charge in [-0.25, -0.2) is 9.37 Å². The van der Waals surface area contributed by atoms with E-state index in [1.54, 1.807) is 6.07 Å². The summed E-state index contributed by atoms with van der Waals surface area (Å²) < 4.78 is 18.7. The number of amides is 1. The lowest BCUT2D eigenvalue weighted by Gasteiger charge is -2.33. The number of pyridine rings is 1. The number of esters is 1. The predicted octanol–water partition coefficient (Wildman–Crippen LogP) is 4.58. The van der Waals surface area contributed by atoms with Crippen molar-refractivity contribution in [3.8, 4) is 11.1 Å². The Bertz CT molecular complexity index is 1160. The second kappa shape index (κ2) is 9.83. The molecule has 8 heteroatoms. The molecule has 0 atom stereocenters. The highest BCUT2D eigenvalue weighted by molar-refractivity contribution is 5.95. The smallest absolute Gasteiger partial charge is 0.306 e. The number of halogens is 1. The quantitative estimate of drug-likeness (QED) is 0.520. The molecule has 1 aromatic carbocycles. The number of anilines is 1. The van der Waals surface area contributed by atoms with Crippen molar-refractivity contribution < 1.29 is 18.7 Å². The summed E-state index contributed by atoms with van der Waals surface area (Å²) in [4.78, 5) is 34.0. The molecule has 34 heavy (non-hydrogen) atoms. The van der Waals surface area contributed by atoms with E-state index in [2.05, 4.69) is 20.2 Å². The topological polar surface area (TPSA) is 87.3 Å². The summed E-state index contributed by atoms with van der Waals surface area (Å²) in [7, 11) is 0. The SMILES string of the molecule is CC(C)(C)OC(=O)CCC(=O)NC1CCN(c2ccc(-c3c[nH]c4cc(F)ccc34)cn2)CC1. The Morgan fingerprint density at radius 2 is 1.94 bits per heavy atom. The minimum absolute atomic E-state index is 0.0869. The predicted molar refractivity (Wildman–Crippen MR) is 130 cm³/mol. The molecule has 3 aromatic rings. The van der Waals surface area contributed by atoms with E-state index in [1.165, 1.54) is 12.1 Å². The number of fused-ring (bicyclic) bond motifs is 1. The Morgan fingerprint density at radius 1 is 1.18 bits per heavy atom. The summed E-state index contributed by atoms with van der Waals surface area (Å²) in [6, 6.07) is 8.84. The van der Waals surface area contributed by atoms with Crippen LogP contribution in [-0.2, 0) is 14.3 Å². The lowest BCUT2D eigenvalue weighted by Crippen LogP contribution is -2.45. The van der Waals surface area contributed by atoms with Crippen LogP contribution in [0.2, 0.25) is 0 Å². The first-order valence-electron chi connectivity index (χ1n) is 11.7. The van der Waals surface area contributed by atoms with Gasteiger partial charge in [0.05, 0.1) is 6.42 Å². The molecule has 0 saturated carbocycles. The van der Waals surface area contributed by atoms with Crippen molar-refractivity contribution in [2.45, 2.75) is 58.1 Å². The summed E-state index contributed by atoms with van der Waals surface area (Å²) in [5.74, 6) is 0.151. The van der Waals surface area contributed by atoms with Gasteiger partial charge in [0.2, 0.25) is 5.91 Å². The van der Waals surface area contributed by atoms with E-state index in [9.17, 15) is 14.0 Å². The highest BCUT2D eigenvalue weighted by Crippen LogP contribution is 2.30. The van der Waals surface area contributed by atoms with E-state index in [0.29, 0.717) is 0 Å². The maximum Gasteiger partial charge on any atom is 0.306 e. The molecular weight excluding hydrogens is 435 g/mol. The molecular formula is C26H31FN4O3. The Labute approximate surface area is 198 Å². The molecule has 0 radical (unpaired) electrons. The van der Waals surface area contributed by atoms with Crippen LogP contribution in [0.4, 0.5) is 10.2 Å². The van der Waals surface area contributed by atoms with Crippen molar-refractivity contribution >= 4 is 28.6 Å². The summed E-state index contributed by atoms with van der Waals surface area (Å²) >= 11 is 0. The van der Waals surface area contributed by atoms with Crippen LogP contribution in [0.5, 0.6) is 0 Å². The van der Waals surface area contributed by atoms with Gasteiger partial charge in [-0.2, -0.15) is 0 Å². The zero-order chi connectivity index (χ0) is 24.3. The van der Waals surface area contributed by atoms with E-state index in [-0.39, 0.29) is 36.6 Å². The van der Waals surface area contributed by atoms with Gasteiger partial charge in [-0.1, -0.05) is 0 Å². The number of aromatic nitrogens is 2. The molecule has 1 aliphatic heterocycles. The highest BCUT2D eigenvalue weighted by atomic mass is 19.1. The second-order valence-electron chi connectivity index (χ2n) is 9.71. The van der Waals surface area contributed by atoms with Gasteiger partial charge < -0.3 is 19.9 Å². The van der Waals surface area contributed by atoms with Gasteiger partial charge in [-0.15, -0.1) is 0 Å². The Morgan fingerprint density at radius 3 is 2.62 bits per heavy atom. The van der Waals surface area contributed by atoms with Gasteiger partial charge in [0.1, 0.15) is 17.2 Å². The molecule has 180 valence electrons. The first-order chi connectivity index (χ1) is 16.2. The number of benzene rings is 1. The average Bonchev–Trinajstić information content (AvgIpc) is 3.20. The number of H-pyrrole nitrogens is 1. The van der Waals surface area contributed by atoms with E-state index in [1.807, 2.05) is 45.3 Å². The van der Waals surface area contributed by atoms with Crippen molar-refractivity contribution in [3.05, 3.63) is 48.5 Å². The molecule has 0 bridgehead atoms. The van der Waals surface area contributed by atoms with Crippen LogP contribution in [0, 0.1) is 5.82 Å². The Hall–Kier alpha value is -3.42. The van der Waals surface area contributed by atoms with Crippen molar-refractivity contribution in [1.29, 1.82) is 0 Å². The number of piperidine rings is 1. The standard InChI is InChI=1S/C26H31FN4O3/c1-26(2,3)34-25(33)9-8-24(32)30-19-10-12-31(13-11-19)23-7-4-17(15-29-23)21-16-28-22-14-18(27)5-6-20(21)22/h4-7,14-16,19,28H,8-13H2,1-3H3,(H,30,32). The van der Waals surface area contributed by atoms with Crippen LogP contribution >= 0.6 is 0 Å². The summed E-state index contributed by atoms with van der Waals surface area (Å²) in [5, 5.41) is 3.99. The number of aromatic amines is 1. The molecule has 2 N–H and O–H groups in total. The normalized spacial score (nSPS) is 14.9. The summed E-state index contributed by atoms with van der Waals surface area (Å²) in [6.45, 7) is 7.01. The molecule has 7 nitrogen and oxygen atoms in total. The van der Waals surface area contributed by atoms with Gasteiger partial charge >= 0.3 is 5.97 Å². The molecule has 4 rings (SSSR count). The number of carbonyl (C=O) groups excluding carboxylic acids is 2. The minimum atomic E-state index is -0.540. The highest BCUT2D eigenvalue weighted by Gasteiger charge is 2.23. The second-order valence-corrected chi connectivity index (χ2v) is 9.71. The van der Waals surface area contributed by atoms with Crippen LogP contribution in [0.1, 0.15) is 46.5 Å². The fourth-order valence-electron chi connectivity index (χ4n) is 4.23. The molecule has 3 heterocycles. The largest absolute Gasteiger partial charge is 0.460 e. The first kappa shape index (κ1) is 23.7. The van der Waals surface area contributed by atoms with Crippen LogP contribution in [0.3, 0.4) is 0 Å². The van der Waals surface area contributed by atoms with Gasteiger partial charge in [0.15, 0.2) is 0 Å². The molecule has 0 spiro atoms. The monoisotopic (exact) mass is 466 g/mol. The first-order valence-corrected chi connectivity index (χ1v) is 11.7. The van der Waals surface area contributed by atoms with Gasteiger partial charge in [0.25, 0.3) is 0 Å². The van der Waals surface area contributed by atoms with E-state index < -0.39 is 5.60 Å². The number of nitrogens with one attached hydrogen (secondary N) is 2. The summed E-state index contributed by atoms with van der Waals surface area (Å²) in [5.41, 5.74) is 2.17. The number of hydrogen-bond donors (Lipinski definition) is 2. The van der Waals surface area contributed by atoms with E-state index >= 15 is 0 Å². The molecule has 2 aromatic heterocycles. The molecule has 1 saturated heterocycles.